The van der Waals surface area contributed by atoms with Gasteiger partial charge in [-0.1, -0.05) is 140 Å². The van der Waals surface area contributed by atoms with Crippen molar-refractivity contribution in [1.82, 2.24) is 0 Å². The molecule has 1 unspecified atom stereocenters. The van der Waals surface area contributed by atoms with Crippen molar-refractivity contribution in [2.24, 2.45) is 0 Å². The van der Waals surface area contributed by atoms with Gasteiger partial charge in [0.1, 0.15) is 6.10 Å². The molecule has 0 amide bonds. The predicted molar refractivity (Wildman–Crippen MR) is 146 cm³/mol. The van der Waals surface area contributed by atoms with E-state index >= 15 is 0 Å². The van der Waals surface area contributed by atoms with Crippen LogP contribution < -0.4 is 0 Å². The smallest absolute Gasteiger partial charge is 0.104 e. The van der Waals surface area contributed by atoms with E-state index in [9.17, 15) is 0 Å². The van der Waals surface area contributed by atoms with Gasteiger partial charge in [0.15, 0.2) is 0 Å². The van der Waals surface area contributed by atoms with Crippen LogP contribution in [0.2, 0.25) is 0 Å². The molecule has 1 aromatic rings. The van der Waals surface area contributed by atoms with E-state index in [1.54, 1.807) is 6.08 Å². The van der Waals surface area contributed by atoms with Gasteiger partial charge < -0.3 is 14.2 Å². The summed E-state index contributed by atoms with van der Waals surface area (Å²) in [5.74, 6) is 0. The first kappa shape index (κ1) is 30.9. The first-order valence-corrected chi connectivity index (χ1v) is 14.3. The lowest BCUT2D eigenvalue weighted by molar-refractivity contribution is -0.0603. The summed E-state index contributed by atoms with van der Waals surface area (Å²) in [7, 11) is 0. The van der Waals surface area contributed by atoms with Crippen molar-refractivity contribution in [3.05, 3.63) is 48.6 Å². The average molecular weight is 475 g/mol. The molecule has 0 N–H and O–H groups in total. The molecule has 0 aliphatic rings. The Kier molecular flexibility index (Phi) is 22.7. The highest BCUT2D eigenvalue weighted by molar-refractivity contribution is 5.13. The SMILES string of the molecule is C=CCOCC(COCc1ccccc1)OCCCCCCCCCCCCCCCCCC. The zero-order valence-electron chi connectivity index (χ0n) is 22.3. The highest BCUT2D eigenvalue weighted by atomic mass is 16.6. The molecule has 0 aliphatic heterocycles. The van der Waals surface area contributed by atoms with Crippen LogP contribution in [-0.2, 0) is 20.8 Å². The molecule has 34 heavy (non-hydrogen) atoms. The van der Waals surface area contributed by atoms with Gasteiger partial charge in [0, 0.05) is 6.61 Å². The lowest BCUT2D eigenvalue weighted by Gasteiger charge is -2.18. The van der Waals surface area contributed by atoms with Gasteiger partial charge >= 0.3 is 0 Å². The molecule has 0 spiro atoms. The summed E-state index contributed by atoms with van der Waals surface area (Å²) in [5.41, 5.74) is 1.19. The Balaban J connectivity index is 1.92. The Labute approximate surface area is 211 Å². The second kappa shape index (κ2) is 24.9. The van der Waals surface area contributed by atoms with Crippen LogP contribution in [0.5, 0.6) is 0 Å². The third-order valence-electron chi connectivity index (χ3n) is 6.31. The van der Waals surface area contributed by atoms with Gasteiger partial charge in [-0.2, -0.15) is 0 Å². The van der Waals surface area contributed by atoms with E-state index in [4.69, 9.17) is 14.2 Å². The van der Waals surface area contributed by atoms with Gasteiger partial charge in [-0.25, -0.2) is 0 Å². The van der Waals surface area contributed by atoms with Gasteiger partial charge in [-0.3, -0.25) is 0 Å². The number of ether oxygens (including phenoxy) is 3. The largest absolute Gasteiger partial charge is 0.375 e. The van der Waals surface area contributed by atoms with E-state index < -0.39 is 0 Å². The van der Waals surface area contributed by atoms with E-state index in [1.165, 1.54) is 102 Å². The fraction of sp³-hybridized carbons (Fsp3) is 0.742. The normalized spacial score (nSPS) is 12.1. The molecule has 0 saturated carbocycles. The summed E-state index contributed by atoms with van der Waals surface area (Å²) in [6.07, 6.45) is 23.9. The van der Waals surface area contributed by atoms with Crippen molar-refractivity contribution in [2.75, 3.05) is 26.4 Å². The van der Waals surface area contributed by atoms with Crippen LogP contribution in [0.1, 0.15) is 115 Å². The molecule has 0 bridgehead atoms. The Morgan fingerprint density at radius 2 is 1.18 bits per heavy atom. The van der Waals surface area contributed by atoms with Crippen molar-refractivity contribution < 1.29 is 14.2 Å². The maximum atomic E-state index is 6.06. The van der Waals surface area contributed by atoms with Gasteiger partial charge in [-0.05, 0) is 12.0 Å². The number of hydrogen-bond donors (Lipinski definition) is 0. The molecule has 196 valence electrons. The average Bonchev–Trinajstić information content (AvgIpc) is 2.86. The Hall–Kier alpha value is -1.16. The van der Waals surface area contributed by atoms with E-state index in [-0.39, 0.29) is 6.10 Å². The minimum Gasteiger partial charge on any atom is -0.375 e. The number of hydrogen-bond acceptors (Lipinski definition) is 3. The maximum Gasteiger partial charge on any atom is 0.104 e. The fourth-order valence-corrected chi connectivity index (χ4v) is 4.21. The third-order valence-corrected chi connectivity index (χ3v) is 6.31. The summed E-state index contributed by atoms with van der Waals surface area (Å²) in [6, 6.07) is 10.3. The monoisotopic (exact) mass is 474 g/mol. The molecular weight excluding hydrogens is 420 g/mol. The molecule has 1 atom stereocenters. The minimum absolute atomic E-state index is 0.0139. The van der Waals surface area contributed by atoms with E-state index in [2.05, 4.69) is 25.6 Å². The van der Waals surface area contributed by atoms with Crippen molar-refractivity contribution in [1.29, 1.82) is 0 Å². The molecule has 3 heteroatoms. The molecule has 0 radical (unpaired) electrons. The maximum absolute atomic E-state index is 6.06. The molecular formula is C31H54O3. The topological polar surface area (TPSA) is 27.7 Å². The standard InChI is InChI=1S/C31H54O3/c1-3-5-6-7-8-9-10-11-12-13-14-15-16-17-18-22-26-34-31(28-32-25-4-2)29-33-27-30-23-20-19-21-24-30/h4,19-21,23-24,31H,2-3,5-18,22,25-29H2,1H3. The molecule has 0 saturated heterocycles. The Morgan fingerprint density at radius 3 is 1.71 bits per heavy atom. The number of unbranched alkanes of at least 4 members (excludes halogenated alkanes) is 15. The zero-order valence-corrected chi connectivity index (χ0v) is 22.3. The van der Waals surface area contributed by atoms with Crippen LogP contribution in [0.4, 0.5) is 0 Å². The number of benzene rings is 1. The van der Waals surface area contributed by atoms with Gasteiger partial charge in [0.2, 0.25) is 0 Å². The minimum atomic E-state index is -0.0139. The van der Waals surface area contributed by atoms with E-state index in [1.807, 2.05) is 18.2 Å². The number of rotatable bonds is 26. The second-order valence-electron chi connectivity index (χ2n) is 9.62. The lowest BCUT2D eigenvalue weighted by Crippen LogP contribution is -2.26. The van der Waals surface area contributed by atoms with Crippen LogP contribution in [0.15, 0.2) is 43.0 Å². The van der Waals surface area contributed by atoms with Crippen molar-refractivity contribution in [3.8, 4) is 0 Å². The first-order chi connectivity index (χ1) is 16.9. The molecule has 0 aromatic heterocycles. The molecule has 1 rings (SSSR count). The van der Waals surface area contributed by atoms with Crippen LogP contribution in [0, 0.1) is 0 Å². The summed E-state index contributed by atoms with van der Waals surface area (Å²) in [6.45, 7) is 9.07. The van der Waals surface area contributed by atoms with Gasteiger partial charge in [-0.15, -0.1) is 6.58 Å². The summed E-state index contributed by atoms with van der Waals surface area (Å²) < 4.78 is 17.5. The Bertz CT molecular complexity index is 531. The molecule has 0 heterocycles. The van der Waals surface area contributed by atoms with Crippen LogP contribution in [0.3, 0.4) is 0 Å². The second-order valence-corrected chi connectivity index (χ2v) is 9.62. The van der Waals surface area contributed by atoms with E-state index in [0.29, 0.717) is 26.4 Å². The van der Waals surface area contributed by atoms with Crippen molar-refractivity contribution in [3.63, 3.8) is 0 Å². The summed E-state index contributed by atoms with van der Waals surface area (Å²) in [4.78, 5) is 0. The van der Waals surface area contributed by atoms with Crippen molar-refractivity contribution >= 4 is 0 Å². The van der Waals surface area contributed by atoms with Crippen LogP contribution in [0.25, 0.3) is 0 Å². The summed E-state index contributed by atoms with van der Waals surface area (Å²) >= 11 is 0. The highest BCUT2D eigenvalue weighted by Gasteiger charge is 2.10. The third kappa shape index (κ3) is 20.2. The quantitative estimate of drug-likeness (QED) is 0.0989. The fourth-order valence-electron chi connectivity index (χ4n) is 4.21. The molecule has 3 nitrogen and oxygen atoms in total. The predicted octanol–water partition coefficient (Wildman–Crippen LogP) is 9.05. The van der Waals surface area contributed by atoms with E-state index in [0.717, 1.165) is 13.0 Å². The molecule has 0 fully saturated rings. The highest BCUT2D eigenvalue weighted by Crippen LogP contribution is 2.14. The van der Waals surface area contributed by atoms with Crippen LogP contribution >= 0.6 is 0 Å². The molecule has 0 aliphatic carbocycles. The zero-order chi connectivity index (χ0) is 24.4. The van der Waals surface area contributed by atoms with Gasteiger partial charge in [0.05, 0.1) is 26.4 Å². The Morgan fingerprint density at radius 1 is 0.676 bits per heavy atom. The lowest BCUT2D eigenvalue weighted by atomic mass is 10.0. The summed E-state index contributed by atoms with van der Waals surface area (Å²) in [5, 5.41) is 0. The molecule has 1 aromatic carbocycles. The van der Waals surface area contributed by atoms with Gasteiger partial charge in [0.25, 0.3) is 0 Å². The van der Waals surface area contributed by atoms with Crippen molar-refractivity contribution in [2.45, 2.75) is 122 Å². The van der Waals surface area contributed by atoms with Crippen LogP contribution in [-0.4, -0.2) is 32.5 Å². The first-order valence-electron chi connectivity index (χ1n) is 14.3.